The highest BCUT2D eigenvalue weighted by Crippen LogP contribution is 2.32. The standard InChI is InChI=1S/C21H21BrN2O/c1-2-8-20(18-14-23-19-12-7-6-11-17(18)19)24(21(25)13-22)15-16-9-4-3-5-10-16/h2-7,9-12,14,20,23H,1,8,13,15H2. The third kappa shape index (κ3) is 3.85. The molecule has 0 aliphatic heterocycles. The van der Waals surface area contributed by atoms with Gasteiger partial charge in [0.05, 0.1) is 11.4 Å². The van der Waals surface area contributed by atoms with Crippen LogP contribution in [0.4, 0.5) is 0 Å². The fraction of sp³-hybridized carbons (Fsp3) is 0.190. The Labute approximate surface area is 156 Å². The third-order valence-corrected chi connectivity index (χ3v) is 4.86. The van der Waals surface area contributed by atoms with Crippen molar-refractivity contribution in [2.45, 2.75) is 19.0 Å². The number of nitrogens with zero attached hydrogens (tertiary/aromatic N) is 1. The van der Waals surface area contributed by atoms with E-state index < -0.39 is 0 Å². The van der Waals surface area contributed by atoms with Crippen LogP contribution in [0, 0.1) is 0 Å². The Balaban J connectivity index is 2.02. The van der Waals surface area contributed by atoms with Gasteiger partial charge in [0.15, 0.2) is 0 Å². The minimum Gasteiger partial charge on any atom is -0.361 e. The van der Waals surface area contributed by atoms with Crippen LogP contribution < -0.4 is 0 Å². The number of aromatic amines is 1. The molecule has 3 rings (SSSR count). The average Bonchev–Trinajstić information content (AvgIpc) is 3.08. The number of amides is 1. The maximum absolute atomic E-state index is 12.7. The molecule has 1 unspecified atom stereocenters. The Morgan fingerprint density at radius 2 is 1.88 bits per heavy atom. The summed E-state index contributed by atoms with van der Waals surface area (Å²) < 4.78 is 0. The lowest BCUT2D eigenvalue weighted by Gasteiger charge is -2.31. The van der Waals surface area contributed by atoms with E-state index >= 15 is 0 Å². The number of fused-ring (bicyclic) bond motifs is 1. The van der Waals surface area contributed by atoms with Gasteiger partial charge in [0.1, 0.15) is 0 Å². The van der Waals surface area contributed by atoms with E-state index in [9.17, 15) is 4.79 Å². The molecule has 0 aliphatic carbocycles. The molecule has 2 aromatic carbocycles. The molecular formula is C21H21BrN2O. The highest BCUT2D eigenvalue weighted by atomic mass is 79.9. The lowest BCUT2D eigenvalue weighted by Crippen LogP contribution is -2.35. The van der Waals surface area contributed by atoms with E-state index in [0.717, 1.165) is 22.0 Å². The predicted molar refractivity (Wildman–Crippen MR) is 107 cm³/mol. The van der Waals surface area contributed by atoms with Crippen LogP contribution >= 0.6 is 15.9 Å². The van der Waals surface area contributed by atoms with Gasteiger partial charge in [-0.1, -0.05) is 70.5 Å². The molecule has 0 fully saturated rings. The van der Waals surface area contributed by atoms with Crippen molar-refractivity contribution in [1.29, 1.82) is 0 Å². The SMILES string of the molecule is C=CCC(c1c[nH]c2ccccc12)N(Cc1ccccc1)C(=O)CBr. The van der Waals surface area contributed by atoms with Crippen LogP contribution in [0.25, 0.3) is 10.9 Å². The molecule has 25 heavy (non-hydrogen) atoms. The summed E-state index contributed by atoms with van der Waals surface area (Å²) in [5.41, 5.74) is 3.32. The van der Waals surface area contributed by atoms with Crippen LogP contribution in [0.15, 0.2) is 73.4 Å². The Hall–Kier alpha value is -2.33. The van der Waals surface area contributed by atoms with E-state index in [0.29, 0.717) is 18.3 Å². The summed E-state index contributed by atoms with van der Waals surface area (Å²) >= 11 is 3.34. The maximum Gasteiger partial charge on any atom is 0.234 e. The number of H-pyrrole nitrogens is 1. The van der Waals surface area contributed by atoms with Gasteiger partial charge in [-0.05, 0) is 18.1 Å². The van der Waals surface area contributed by atoms with Crippen molar-refractivity contribution in [3.63, 3.8) is 0 Å². The molecule has 128 valence electrons. The van der Waals surface area contributed by atoms with Crippen molar-refractivity contribution in [3.8, 4) is 0 Å². The van der Waals surface area contributed by atoms with Gasteiger partial charge < -0.3 is 9.88 Å². The van der Waals surface area contributed by atoms with Crippen LogP contribution in [-0.2, 0) is 11.3 Å². The van der Waals surface area contributed by atoms with E-state index in [-0.39, 0.29) is 11.9 Å². The monoisotopic (exact) mass is 396 g/mol. The van der Waals surface area contributed by atoms with Crippen molar-refractivity contribution in [2.24, 2.45) is 0 Å². The number of aromatic nitrogens is 1. The molecule has 1 aromatic heterocycles. The number of carbonyl (C=O) groups excluding carboxylic acids is 1. The third-order valence-electron chi connectivity index (χ3n) is 4.38. The van der Waals surface area contributed by atoms with Crippen molar-refractivity contribution in [3.05, 3.63) is 84.6 Å². The van der Waals surface area contributed by atoms with E-state index in [4.69, 9.17) is 0 Å². The van der Waals surface area contributed by atoms with Crippen LogP contribution in [-0.4, -0.2) is 21.1 Å². The Bertz CT molecular complexity index is 856. The first kappa shape index (κ1) is 17.5. The van der Waals surface area contributed by atoms with Crippen molar-refractivity contribution in [1.82, 2.24) is 9.88 Å². The summed E-state index contributed by atoms with van der Waals surface area (Å²) in [6, 6.07) is 18.2. The minimum atomic E-state index is -0.0566. The van der Waals surface area contributed by atoms with E-state index in [2.05, 4.69) is 51.8 Å². The highest BCUT2D eigenvalue weighted by molar-refractivity contribution is 9.09. The topological polar surface area (TPSA) is 36.1 Å². The Morgan fingerprint density at radius 1 is 1.16 bits per heavy atom. The number of hydrogen-bond acceptors (Lipinski definition) is 1. The molecule has 1 N–H and O–H groups in total. The van der Waals surface area contributed by atoms with Crippen molar-refractivity contribution >= 4 is 32.7 Å². The quantitative estimate of drug-likeness (QED) is 0.431. The summed E-state index contributed by atoms with van der Waals surface area (Å²) in [5, 5.41) is 1.45. The molecule has 0 saturated heterocycles. The van der Waals surface area contributed by atoms with Gasteiger partial charge in [0.25, 0.3) is 0 Å². The van der Waals surface area contributed by atoms with Crippen molar-refractivity contribution in [2.75, 3.05) is 5.33 Å². The number of nitrogens with one attached hydrogen (secondary N) is 1. The molecule has 1 heterocycles. The van der Waals surface area contributed by atoms with Gasteiger partial charge in [-0.15, -0.1) is 6.58 Å². The molecule has 0 saturated carbocycles. The fourth-order valence-electron chi connectivity index (χ4n) is 3.18. The van der Waals surface area contributed by atoms with E-state index in [1.165, 1.54) is 0 Å². The molecule has 3 aromatic rings. The molecular weight excluding hydrogens is 376 g/mol. The highest BCUT2D eigenvalue weighted by Gasteiger charge is 2.26. The second-order valence-electron chi connectivity index (χ2n) is 5.97. The zero-order valence-corrected chi connectivity index (χ0v) is 15.6. The summed E-state index contributed by atoms with van der Waals surface area (Å²) in [6.07, 6.45) is 4.59. The van der Waals surface area contributed by atoms with Crippen LogP contribution in [0.3, 0.4) is 0 Å². The van der Waals surface area contributed by atoms with E-state index in [1.54, 1.807) is 0 Å². The molecule has 0 spiro atoms. The fourth-order valence-corrected chi connectivity index (χ4v) is 3.50. The van der Waals surface area contributed by atoms with E-state index in [1.807, 2.05) is 47.5 Å². The number of halogens is 1. The summed E-state index contributed by atoms with van der Waals surface area (Å²) in [5.74, 6) is 0.0704. The first-order valence-corrected chi connectivity index (χ1v) is 9.43. The largest absolute Gasteiger partial charge is 0.361 e. The zero-order chi connectivity index (χ0) is 17.6. The van der Waals surface area contributed by atoms with Gasteiger partial charge in [-0.3, -0.25) is 4.79 Å². The smallest absolute Gasteiger partial charge is 0.234 e. The van der Waals surface area contributed by atoms with Gasteiger partial charge in [-0.2, -0.15) is 0 Å². The molecule has 4 heteroatoms. The van der Waals surface area contributed by atoms with Crippen LogP contribution in [0.5, 0.6) is 0 Å². The first-order chi connectivity index (χ1) is 12.2. The Kier molecular flexibility index (Phi) is 5.71. The molecule has 0 bridgehead atoms. The van der Waals surface area contributed by atoms with Crippen molar-refractivity contribution < 1.29 is 4.79 Å². The number of benzene rings is 2. The lowest BCUT2D eigenvalue weighted by atomic mass is 10.00. The number of rotatable bonds is 7. The summed E-state index contributed by atoms with van der Waals surface area (Å²) in [4.78, 5) is 17.9. The lowest BCUT2D eigenvalue weighted by molar-refractivity contribution is -0.131. The predicted octanol–water partition coefficient (Wildman–Crippen LogP) is 5.21. The number of carbonyl (C=O) groups is 1. The molecule has 3 nitrogen and oxygen atoms in total. The van der Waals surface area contributed by atoms with Gasteiger partial charge >= 0.3 is 0 Å². The van der Waals surface area contributed by atoms with Gasteiger partial charge in [-0.25, -0.2) is 0 Å². The van der Waals surface area contributed by atoms with Crippen LogP contribution in [0.2, 0.25) is 0 Å². The first-order valence-electron chi connectivity index (χ1n) is 8.31. The number of alkyl halides is 1. The molecule has 1 atom stereocenters. The number of hydrogen-bond donors (Lipinski definition) is 1. The summed E-state index contributed by atoms with van der Waals surface area (Å²) in [6.45, 7) is 4.48. The Morgan fingerprint density at radius 3 is 2.60 bits per heavy atom. The zero-order valence-electron chi connectivity index (χ0n) is 14.0. The molecule has 0 radical (unpaired) electrons. The molecule has 1 amide bonds. The maximum atomic E-state index is 12.7. The van der Waals surface area contributed by atoms with Gasteiger partial charge in [0.2, 0.25) is 5.91 Å². The number of para-hydroxylation sites is 1. The summed E-state index contributed by atoms with van der Waals surface area (Å²) in [7, 11) is 0. The van der Waals surface area contributed by atoms with Crippen LogP contribution in [0.1, 0.15) is 23.6 Å². The minimum absolute atomic E-state index is 0.0566. The molecule has 0 aliphatic rings. The normalized spacial score (nSPS) is 12.0. The van der Waals surface area contributed by atoms with Gasteiger partial charge in [0, 0.05) is 29.2 Å². The second kappa shape index (κ2) is 8.17. The second-order valence-corrected chi connectivity index (χ2v) is 6.53. The average molecular weight is 397 g/mol.